The van der Waals surface area contributed by atoms with Crippen LogP contribution in [-0.4, -0.2) is 11.5 Å². The van der Waals surface area contributed by atoms with E-state index >= 15 is 0 Å². The molecule has 0 saturated carbocycles. The van der Waals surface area contributed by atoms with Crippen LogP contribution in [0.15, 0.2) is 30.1 Å². The standard InChI is InChI=1S/C19H20NO2/c1-11-3-4-16(18(11)10-21)13-6-14-5-12(2)17-9-20(22)8-15(7-13)19(14)17/h6-12,22H,3-5H2,1-2H3/q+1/t11-,12-/m1/s1. The molecule has 0 aliphatic heterocycles. The van der Waals surface area contributed by atoms with Crippen molar-refractivity contribution in [1.29, 1.82) is 0 Å². The molecule has 0 bridgehead atoms. The monoisotopic (exact) mass is 294 g/mol. The zero-order valence-corrected chi connectivity index (χ0v) is 13.0. The summed E-state index contributed by atoms with van der Waals surface area (Å²) in [5, 5.41) is 12.3. The molecule has 22 heavy (non-hydrogen) atoms. The molecule has 1 aromatic carbocycles. The topological polar surface area (TPSA) is 41.2 Å². The van der Waals surface area contributed by atoms with Gasteiger partial charge in [0.15, 0.2) is 0 Å². The fourth-order valence-corrected chi connectivity index (χ4v) is 4.17. The highest BCUT2D eigenvalue weighted by Crippen LogP contribution is 2.42. The first kappa shape index (κ1) is 13.5. The van der Waals surface area contributed by atoms with E-state index in [9.17, 15) is 10.0 Å². The fraction of sp³-hybridized carbons (Fsp3) is 0.368. The maximum Gasteiger partial charge on any atom is 0.230 e. The number of pyridine rings is 1. The largest absolute Gasteiger partial charge is 0.298 e. The van der Waals surface area contributed by atoms with Crippen molar-refractivity contribution in [2.24, 2.45) is 5.92 Å². The lowest BCUT2D eigenvalue weighted by Gasteiger charge is -2.08. The first-order chi connectivity index (χ1) is 10.6. The second kappa shape index (κ2) is 4.67. The minimum Gasteiger partial charge on any atom is -0.298 e. The van der Waals surface area contributed by atoms with Gasteiger partial charge in [0.05, 0.1) is 5.39 Å². The van der Waals surface area contributed by atoms with Gasteiger partial charge in [-0.1, -0.05) is 19.9 Å². The van der Waals surface area contributed by atoms with E-state index in [1.165, 1.54) is 26.8 Å². The third kappa shape index (κ3) is 1.81. The Labute approximate surface area is 129 Å². The van der Waals surface area contributed by atoms with Gasteiger partial charge >= 0.3 is 0 Å². The zero-order valence-electron chi connectivity index (χ0n) is 13.0. The Kier molecular flexibility index (Phi) is 2.86. The molecule has 3 nitrogen and oxygen atoms in total. The van der Waals surface area contributed by atoms with E-state index in [-0.39, 0.29) is 0 Å². The average molecular weight is 294 g/mol. The van der Waals surface area contributed by atoms with Crippen molar-refractivity contribution in [2.45, 2.75) is 39.0 Å². The second-order valence-corrected chi connectivity index (χ2v) is 6.79. The number of hydrogen-bond donors (Lipinski definition) is 1. The fourth-order valence-electron chi connectivity index (χ4n) is 4.17. The molecule has 2 atom stereocenters. The number of benzene rings is 1. The number of rotatable bonds is 2. The molecular weight excluding hydrogens is 274 g/mol. The van der Waals surface area contributed by atoms with Crippen molar-refractivity contribution in [3.05, 3.63) is 46.8 Å². The van der Waals surface area contributed by atoms with Gasteiger partial charge in [-0.15, -0.1) is 0 Å². The van der Waals surface area contributed by atoms with Crippen molar-refractivity contribution >= 4 is 22.6 Å². The third-order valence-corrected chi connectivity index (χ3v) is 5.32. The molecule has 2 aromatic rings. The highest BCUT2D eigenvalue weighted by molar-refractivity contribution is 5.96. The van der Waals surface area contributed by atoms with Crippen LogP contribution in [0, 0.1) is 5.92 Å². The second-order valence-electron chi connectivity index (χ2n) is 6.79. The maximum atomic E-state index is 11.4. The molecule has 2 aliphatic carbocycles. The molecule has 0 radical (unpaired) electrons. The molecule has 0 amide bonds. The van der Waals surface area contributed by atoms with Gasteiger partial charge in [-0.25, -0.2) is 0 Å². The Balaban J connectivity index is 1.98. The molecule has 1 heterocycles. The molecule has 112 valence electrons. The predicted molar refractivity (Wildman–Crippen MR) is 84.8 cm³/mol. The first-order valence-corrected chi connectivity index (χ1v) is 7.98. The summed E-state index contributed by atoms with van der Waals surface area (Å²) < 4.78 is 1.17. The summed E-state index contributed by atoms with van der Waals surface area (Å²) in [7, 11) is 0. The number of hydrogen-bond acceptors (Lipinski definition) is 2. The van der Waals surface area contributed by atoms with E-state index in [2.05, 4.69) is 26.0 Å². The van der Waals surface area contributed by atoms with Crippen LogP contribution in [0.1, 0.15) is 49.3 Å². The van der Waals surface area contributed by atoms with Crippen molar-refractivity contribution in [1.82, 2.24) is 0 Å². The summed E-state index contributed by atoms with van der Waals surface area (Å²) in [5.41, 5.74) is 5.85. The van der Waals surface area contributed by atoms with Crippen LogP contribution < -0.4 is 4.73 Å². The normalized spacial score (nSPS) is 23.5. The number of aromatic nitrogens is 1. The summed E-state index contributed by atoms with van der Waals surface area (Å²) >= 11 is 0. The number of allylic oxidation sites excluding steroid dienone is 2. The molecule has 0 spiro atoms. The molecule has 0 fully saturated rings. The highest BCUT2D eigenvalue weighted by Gasteiger charge is 2.28. The third-order valence-electron chi connectivity index (χ3n) is 5.32. The minimum atomic E-state index is 0.352. The smallest absolute Gasteiger partial charge is 0.230 e. The van der Waals surface area contributed by atoms with Gasteiger partial charge in [0.2, 0.25) is 12.4 Å². The first-order valence-electron chi connectivity index (χ1n) is 7.98. The maximum absolute atomic E-state index is 11.4. The Morgan fingerprint density at radius 1 is 1.23 bits per heavy atom. The van der Waals surface area contributed by atoms with Gasteiger partial charge in [0.1, 0.15) is 6.29 Å². The van der Waals surface area contributed by atoms with Crippen LogP contribution in [0.2, 0.25) is 0 Å². The van der Waals surface area contributed by atoms with E-state index in [4.69, 9.17) is 0 Å². The van der Waals surface area contributed by atoms with E-state index < -0.39 is 0 Å². The minimum absolute atomic E-state index is 0.352. The van der Waals surface area contributed by atoms with E-state index in [0.717, 1.165) is 42.1 Å². The van der Waals surface area contributed by atoms with Crippen LogP contribution in [-0.2, 0) is 11.2 Å². The summed E-state index contributed by atoms with van der Waals surface area (Å²) in [6.07, 6.45) is 7.63. The lowest BCUT2D eigenvalue weighted by atomic mass is 9.96. The molecule has 0 saturated heterocycles. The van der Waals surface area contributed by atoms with Crippen LogP contribution in [0.3, 0.4) is 0 Å². The van der Waals surface area contributed by atoms with Crippen molar-refractivity contribution in [2.75, 3.05) is 0 Å². The molecule has 1 N–H and O–H groups in total. The number of nitrogens with zero attached hydrogens (tertiary/aromatic N) is 1. The molecular formula is C19H20NO2+. The number of carbonyl (C=O) groups is 1. The predicted octanol–water partition coefficient (Wildman–Crippen LogP) is 3.41. The van der Waals surface area contributed by atoms with Crippen LogP contribution in [0.5, 0.6) is 0 Å². The number of carbonyl (C=O) groups excluding carboxylic acids is 1. The molecule has 2 aliphatic rings. The quantitative estimate of drug-likeness (QED) is 0.524. The SMILES string of the molecule is C[C@@H]1CCC(c2cc3c4c(c[n+](O)cc4c2)[C@H](C)C3)=C1C=O. The van der Waals surface area contributed by atoms with E-state index in [0.29, 0.717) is 11.8 Å². The Bertz CT molecular complexity index is 835. The van der Waals surface area contributed by atoms with Crippen LogP contribution in [0.25, 0.3) is 16.3 Å². The Hall–Kier alpha value is -2.16. The summed E-state index contributed by atoms with van der Waals surface area (Å²) in [6, 6.07) is 4.39. The zero-order chi connectivity index (χ0) is 15.4. The molecule has 1 aromatic heterocycles. The Morgan fingerprint density at radius 2 is 2.05 bits per heavy atom. The van der Waals surface area contributed by atoms with Gasteiger partial charge in [0, 0.05) is 15.7 Å². The Morgan fingerprint density at radius 3 is 2.82 bits per heavy atom. The molecule has 3 heteroatoms. The summed E-state index contributed by atoms with van der Waals surface area (Å²) in [6.45, 7) is 4.32. The van der Waals surface area contributed by atoms with E-state index in [1.807, 2.05) is 6.20 Å². The van der Waals surface area contributed by atoms with Crippen LogP contribution in [0.4, 0.5) is 0 Å². The lowest BCUT2D eigenvalue weighted by Crippen LogP contribution is -2.29. The summed E-state index contributed by atoms with van der Waals surface area (Å²) in [5.74, 6) is 0.777. The van der Waals surface area contributed by atoms with Crippen molar-refractivity contribution in [3.63, 3.8) is 0 Å². The van der Waals surface area contributed by atoms with Crippen molar-refractivity contribution < 1.29 is 14.7 Å². The number of aldehydes is 1. The van der Waals surface area contributed by atoms with Crippen LogP contribution >= 0.6 is 0 Å². The van der Waals surface area contributed by atoms with Gasteiger partial charge in [-0.2, -0.15) is 0 Å². The van der Waals surface area contributed by atoms with Gasteiger partial charge in [-0.05, 0) is 59.4 Å². The van der Waals surface area contributed by atoms with Crippen molar-refractivity contribution in [3.8, 4) is 0 Å². The highest BCUT2D eigenvalue weighted by atomic mass is 16.5. The van der Waals surface area contributed by atoms with Gasteiger partial charge in [0.25, 0.3) is 0 Å². The van der Waals surface area contributed by atoms with Gasteiger partial charge in [-0.3, -0.25) is 10.0 Å². The lowest BCUT2D eigenvalue weighted by molar-refractivity contribution is -0.904. The molecule has 0 unspecified atom stereocenters. The molecule has 4 rings (SSSR count). The summed E-state index contributed by atoms with van der Waals surface area (Å²) in [4.78, 5) is 11.4. The average Bonchev–Trinajstić information content (AvgIpc) is 3.00. The van der Waals surface area contributed by atoms with E-state index in [1.54, 1.807) is 6.20 Å². The van der Waals surface area contributed by atoms with Gasteiger partial charge < -0.3 is 0 Å².